The number of benzene rings is 1. The van der Waals surface area contributed by atoms with E-state index < -0.39 is 11.8 Å². The minimum Gasteiger partial charge on any atom is -0.408 e. The third-order valence-electron chi connectivity index (χ3n) is 3.98. The molecule has 1 amide bonds. The van der Waals surface area contributed by atoms with E-state index in [2.05, 4.69) is 5.32 Å². The van der Waals surface area contributed by atoms with E-state index in [4.69, 9.17) is 4.42 Å². The van der Waals surface area contributed by atoms with E-state index in [1.54, 1.807) is 25.1 Å². The summed E-state index contributed by atoms with van der Waals surface area (Å²) in [5, 5.41) is 2.98. The maximum atomic E-state index is 12.3. The van der Waals surface area contributed by atoms with Crippen molar-refractivity contribution in [3.05, 3.63) is 34.8 Å². The van der Waals surface area contributed by atoms with Crippen molar-refractivity contribution in [2.24, 2.45) is 5.92 Å². The van der Waals surface area contributed by atoms with Crippen molar-refractivity contribution in [2.75, 3.05) is 0 Å². The van der Waals surface area contributed by atoms with Gasteiger partial charge in [-0.2, -0.15) is 0 Å². The first kappa shape index (κ1) is 13.0. The van der Waals surface area contributed by atoms with Gasteiger partial charge >= 0.3 is 5.76 Å². The Morgan fingerprint density at radius 3 is 2.75 bits per heavy atom. The zero-order chi connectivity index (χ0) is 14.3. The number of oxazole rings is 1. The number of aromatic nitrogens is 1. The molecule has 3 rings (SSSR count). The van der Waals surface area contributed by atoms with E-state index in [-0.39, 0.29) is 11.9 Å². The first-order chi connectivity index (χ1) is 9.58. The highest BCUT2D eigenvalue weighted by atomic mass is 16.4. The molecular weight excluding hydrogens is 256 g/mol. The van der Waals surface area contributed by atoms with Crippen LogP contribution >= 0.6 is 0 Å². The number of carbonyl (C=O) groups excluding carboxylic acids is 1. The highest BCUT2D eigenvalue weighted by Crippen LogP contribution is 2.32. The van der Waals surface area contributed by atoms with E-state index in [0.717, 1.165) is 0 Å². The van der Waals surface area contributed by atoms with Crippen molar-refractivity contribution in [3.63, 3.8) is 0 Å². The van der Waals surface area contributed by atoms with Gasteiger partial charge in [-0.25, -0.2) is 4.79 Å². The molecule has 2 atom stereocenters. The summed E-state index contributed by atoms with van der Waals surface area (Å²) in [5.74, 6) is -0.0463. The maximum absolute atomic E-state index is 12.3. The van der Waals surface area contributed by atoms with Crippen molar-refractivity contribution >= 4 is 17.0 Å². The second-order valence-corrected chi connectivity index (χ2v) is 5.52. The van der Waals surface area contributed by atoms with Crippen molar-refractivity contribution in [1.29, 1.82) is 0 Å². The summed E-state index contributed by atoms with van der Waals surface area (Å²) >= 11 is 0. The molecule has 1 heterocycles. The van der Waals surface area contributed by atoms with Crippen LogP contribution in [0.25, 0.3) is 11.1 Å². The van der Waals surface area contributed by atoms with Crippen LogP contribution in [0.2, 0.25) is 0 Å². The summed E-state index contributed by atoms with van der Waals surface area (Å²) in [6.07, 6.45) is 2.34. The molecule has 2 unspecified atom stereocenters. The Balaban J connectivity index is 1.87. The van der Waals surface area contributed by atoms with Gasteiger partial charge in [0.25, 0.3) is 0 Å². The molecule has 0 aliphatic heterocycles. The van der Waals surface area contributed by atoms with Gasteiger partial charge in [-0.15, -0.1) is 0 Å². The van der Waals surface area contributed by atoms with Gasteiger partial charge in [0, 0.05) is 6.04 Å². The number of nitrogens with zero attached hydrogens (tertiary/aromatic N) is 1. The standard InChI is InChI=1S/C15H18N2O3/c1-9(11-7-8-11)16-14(18)10(2)17-12-5-3-4-6-13(12)20-15(17)19/h3-6,9-11H,7-8H2,1-2H3,(H,16,18). The van der Waals surface area contributed by atoms with E-state index >= 15 is 0 Å². The molecule has 0 bridgehead atoms. The first-order valence-electron chi connectivity index (χ1n) is 6.98. The molecule has 1 aromatic heterocycles. The van der Waals surface area contributed by atoms with E-state index in [9.17, 15) is 9.59 Å². The largest absolute Gasteiger partial charge is 0.420 e. The van der Waals surface area contributed by atoms with Crippen LogP contribution in [0, 0.1) is 5.92 Å². The number of fused-ring (bicyclic) bond motifs is 1. The lowest BCUT2D eigenvalue weighted by molar-refractivity contribution is -0.124. The van der Waals surface area contributed by atoms with Crippen LogP contribution < -0.4 is 11.1 Å². The summed E-state index contributed by atoms with van der Waals surface area (Å²) in [6, 6.07) is 6.73. The molecule has 0 saturated heterocycles. The molecule has 1 saturated carbocycles. The van der Waals surface area contributed by atoms with Crippen LogP contribution in [0.1, 0.15) is 32.7 Å². The summed E-state index contributed by atoms with van der Waals surface area (Å²) in [6.45, 7) is 3.73. The minimum absolute atomic E-state index is 0.141. The predicted octanol–water partition coefficient (Wildman–Crippen LogP) is 2.07. The zero-order valence-corrected chi connectivity index (χ0v) is 11.6. The molecular formula is C15H18N2O3. The molecule has 1 fully saturated rings. The van der Waals surface area contributed by atoms with E-state index in [1.165, 1.54) is 17.4 Å². The number of rotatable bonds is 4. The Labute approximate surface area is 116 Å². The molecule has 5 heteroatoms. The van der Waals surface area contributed by atoms with E-state index in [0.29, 0.717) is 17.0 Å². The molecule has 20 heavy (non-hydrogen) atoms. The molecule has 2 aromatic rings. The first-order valence-corrected chi connectivity index (χ1v) is 6.98. The van der Waals surface area contributed by atoms with Crippen LogP contribution in [0.3, 0.4) is 0 Å². The Hall–Kier alpha value is -2.04. The molecule has 1 N–H and O–H groups in total. The number of nitrogens with one attached hydrogen (secondary N) is 1. The predicted molar refractivity (Wildman–Crippen MR) is 75.5 cm³/mol. The molecule has 5 nitrogen and oxygen atoms in total. The lowest BCUT2D eigenvalue weighted by atomic mass is 10.2. The second kappa shape index (κ2) is 4.81. The highest BCUT2D eigenvalue weighted by molar-refractivity contribution is 5.83. The number of hydrogen-bond donors (Lipinski definition) is 1. The Morgan fingerprint density at radius 2 is 2.05 bits per heavy atom. The third kappa shape index (κ3) is 2.24. The fourth-order valence-electron chi connectivity index (χ4n) is 2.53. The molecule has 0 spiro atoms. The summed E-state index contributed by atoms with van der Waals surface area (Å²) in [4.78, 5) is 24.2. The van der Waals surface area contributed by atoms with Gasteiger partial charge in [-0.1, -0.05) is 12.1 Å². The number of amides is 1. The molecule has 1 aliphatic rings. The number of para-hydroxylation sites is 2. The average Bonchev–Trinajstić information content (AvgIpc) is 3.20. The number of carbonyl (C=O) groups is 1. The fourth-order valence-corrected chi connectivity index (χ4v) is 2.53. The monoisotopic (exact) mass is 274 g/mol. The molecule has 106 valence electrons. The summed E-state index contributed by atoms with van der Waals surface area (Å²) < 4.78 is 6.57. The van der Waals surface area contributed by atoms with Gasteiger partial charge in [0.2, 0.25) is 5.91 Å². The Morgan fingerprint density at radius 1 is 1.35 bits per heavy atom. The molecule has 1 aliphatic carbocycles. The van der Waals surface area contributed by atoms with Gasteiger partial charge < -0.3 is 9.73 Å². The quantitative estimate of drug-likeness (QED) is 0.928. The van der Waals surface area contributed by atoms with Crippen molar-refractivity contribution < 1.29 is 9.21 Å². The van der Waals surface area contributed by atoms with Crippen LogP contribution in [0.15, 0.2) is 33.5 Å². The fraction of sp³-hybridized carbons (Fsp3) is 0.467. The zero-order valence-electron chi connectivity index (χ0n) is 11.6. The highest BCUT2D eigenvalue weighted by Gasteiger charge is 2.30. The van der Waals surface area contributed by atoms with Crippen LogP contribution in [-0.4, -0.2) is 16.5 Å². The topological polar surface area (TPSA) is 64.2 Å². The summed E-state index contributed by atoms with van der Waals surface area (Å²) in [7, 11) is 0. The average molecular weight is 274 g/mol. The van der Waals surface area contributed by atoms with E-state index in [1.807, 2.05) is 13.0 Å². The van der Waals surface area contributed by atoms with Crippen LogP contribution in [0.5, 0.6) is 0 Å². The summed E-state index contributed by atoms with van der Waals surface area (Å²) in [5.41, 5.74) is 1.16. The lowest BCUT2D eigenvalue weighted by Crippen LogP contribution is -2.40. The third-order valence-corrected chi connectivity index (χ3v) is 3.98. The normalized spacial score (nSPS) is 17.9. The van der Waals surface area contributed by atoms with Crippen LogP contribution in [-0.2, 0) is 4.79 Å². The Kier molecular flexibility index (Phi) is 3.12. The smallest absolute Gasteiger partial charge is 0.408 e. The van der Waals surface area contributed by atoms with Crippen LogP contribution in [0.4, 0.5) is 0 Å². The molecule has 1 aromatic carbocycles. The Bertz CT molecular complexity index is 696. The van der Waals surface area contributed by atoms with Gasteiger partial charge in [0.15, 0.2) is 5.58 Å². The minimum atomic E-state index is -0.577. The van der Waals surface area contributed by atoms with Gasteiger partial charge in [0.1, 0.15) is 6.04 Å². The lowest BCUT2D eigenvalue weighted by Gasteiger charge is -2.17. The maximum Gasteiger partial charge on any atom is 0.420 e. The van der Waals surface area contributed by atoms with Crippen molar-refractivity contribution in [1.82, 2.24) is 9.88 Å². The van der Waals surface area contributed by atoms with Gasteiger partial charge in [-0.05, 0) is 44.7 Å². The second-order valence-electron chi connectivity index (χ2n) is 5.52. The van der Waals surface area contributed by atoms with Crippen molar-refractivity contribution in [3.8, 4) is 0 Å². The van der Waals surface area contributed by atoms with Gasteiger partial charge in [0.05, 0.1) is 5.52 Å². The SMILES string of the molecule is CC(NC(=O)C(C)n1c(=O)oc2ccccc21)C1CC1. The molecule has 0 radical (unpaired) electrons. The van der Waals surface area contributed by atoms with Gasteiger partial charge in [-0.3, -0.25) is 9.36 Å². The van der Waals surface area contributed by atoms with Crippen molar-refractivity contribution in [2.45, 2.75) is 38.8 Å². The number of hydrogen-bond acceptors (Lipinski definition) is 3.